The Hall–Kier alpha value is -1.06. The lowest BCUT2D eigenvalue weighted by Crippen LogP contribution is -2.40. The van der Waals surface area contributed by atoms with Crippen molar-refractivity contribution in [2.75, 3.05) is 13.1 Å². The molecule has 0 atom stereocenters. The minimum Gasteiger partial charge on any atom is -0.355 e. The van der Waals surface area contributed by atoms with E-state index in [9.17, 15) is 4.79 Å². The van der Waals surface area contributed by atoms with Gasteiger partial charge in [0.05, 0.1) is 5.41 Å². The third kappa shape index (κ3) is 4.67. The van der Waals surface area contributed by atoms with Gasteiger partial charge < -0.3 is 11.1 Å². The third-order valence-corrected chi connectivity index (χ3v) is 2.98. The van der Waals surface area contributed by atoms with E-state index in [0.717, 1.165) is 18.4 Å². The summed E-state index contributed by atoms with van der Waals surface area (Å²) in [5.74, 6) is 0.0701. The predicted octanol–water partition coefficient (Wildman–Crippen LogP) is 2.24. The zero-order chi connectivity index (χ0) is 12.7. The fourth-order valence-electron chi connectivity index (χ4n) is 1.68. The molecule has 18 heavy (non-hydrogen) atoms. The van der Waals surface area contributed by atoms with Gasteiger partial charge in [0.15, 0.2) is 0 Å². The molecule has 0 aromatic heterocycles. The van der Waals surface area contributed by atoms with E-state index in [0.29, 0.717) is 13.1 Å². The van der Waals surface area contributed by atoms with Gasteiger partial charge in [-0.2, -0.15) is 0 Å². The standard InChI is InChI=1S/C14H22N2O.ClH/c1-14(2,12-8-4-3-5-9-12)13(17)16-11-7-6-10-15;/h3-5,8-9H,6-7,10-11,15H2,1-2H3,(H,16,17);1H. The minimum absolute atomic E-state index is 0. The summed E-state index contributed by atoms with van der Waals surface area (Å²) in [5.41, 5.74) is 5.97. The molecule has 0 saturated heterocycles. The van der Waals surface area contributed by atoms with Crippen molar-refractivity contribution < 1.29 is 4.79 Å². The van der Waals surface area contributed by atoms with Crippen LogP contribution in [-0.4, -0.2) is 19.0 Å². The van der Waals surface area contributed by atoms with Gasteiger partial charge in [-0.1, -0.05) is 30.3 Å². The molecule has 0 aliphatic carbocycles. The van der Waals surface area contributed by atoms with Crippen molar-refractivity contribution in [2.24, 2.45) is 5.73 Å². The van der Waals surface area contributed by atoms with Crippen molar-refractivity contribution in [3.8, 4) is 0 Å². The summed E-state index contributed by atoms with van der Waals surface area (Å²) in [6.07, 6.45) is 1.89. The number of amides is 1. The van der Waals surface area contributed by atoms with Crippen molar-refractivity contribution in [2.45, 2.75) is 32.1 Å². The zero-order valence-corrected chi connectivity index (χ0v) is 11.9. The minimum atomic E-state index is -0.482. The van der Waals surface area contributed by atoms with Gasteiger partial charge in [-0.05, 0) is 38.8 Å². The number of halogens is 1. The van der Waals surface area contributed by atoms with Crippen molar-refractivity contribution in [3.05, 3.63) is 35.9 Å². The Balaban J connectivity index is 0.00000289. The lowest BCUT2D eigenvalue weighted by Gasteiger charge is -2.24. The smallest absolute Gasteiger partial charge is 0.230 e. The second-order valence-electron chi connectivity index (χ2n) is 4.74. The second-order valence-corrected chi connectivity index (χ2v) is 4.74. The fraction of sp³-hybridized carbons (Fsp3) is 0.500. The number of nitrogens with two attached hydrogens (primary N) is 1. The van der Waals surface area contributed by atoms with Crippen LogP contribution in [0.3, 0.4) is 0 Å². The molecule has 0 aliphatic heterocycles. The third-order valence-electron chi connectivity index (χ3n) is 2.98. The summed E-state index contributed by atoms with van der Waals surface area (Å²) in [4.78, 5) is 12.1. The molecule has 1 rings (SSSR count). The number of hydrogen-bond acceptors (Lipinski definition) is 2. The Morgan fingerprint density at radius 2 is 1.83 bits per heavy atom. The van der Waals surface area contributed by atoms with E-state index < -0.39 is 5.41 Å². The van der Waals surface area contributed by atoms with Gasteiger partial charge >= 0.3 is 0 Å². The van der Waals surface area contributed by atoms with Crippen LogP contribution in [0.25, 0.3) is 0 Å². The van der Waals surface area contributed by atoms with Crippen LogP contribution in [0.15, 0.2) is 30.3 Å². The van der Waals surface area contributed by atoms with Crippen molar-refractivity contribution in [3.63, 3.8) is 0 Å². The molecule has 3 N–H and O–H groups in total. The van der Waals surface area contributed by atoms with E-state index >= 15 is 0 Å². The Morgan fingerprint density at radius 3 is 2.39 bits per heavy atom. The van der Waals surface area contributed by atoms with Gasteiger partial charge in [0.2, 0.25) is 5.91 Å². The molecule has 3 nitrogen and oxygen atoms in total. The first-order valence-electron chi connectivity index (χ1n) is 6.13. The van der Waals surface area contributed by atoms with Gasteiger partial charge in [0, 0.05) is 6.54 Å². The molecule has 4 heteroatoms. The molecule has 0 saturated carbocycles. The molecular weight excluding hydrogens is 248 g/mol. The van der Waals surface area contributed by atoms with Crippen LogP contribution in [0.2, 0.25) is 0 Å². The number of carbonyl (C=O) groups excluding carboxylic acids is 1. The highest BCUT2D eigenvalue weighted by Gasteiger charge is 2.28. The maximum atomic E-state index is 12.1. The van der Waals surface area contributed by atoms with E-state index in [-0.39, 0.29) is 18.3 Å². The first kappa shape index (κ1) is 16.9. The summed E-state index contributed by atoms with van der Waals surface area (Å²) < 4.78 is 0. The van der Waals surface area contributed by atoms with Gasteiger partial charge in [-0.25, -0.2) is 0 Å². The quantitative estimate of drug-likeness (QED) is 0.779. The number of unbranched alkanes of at least 4 members (excludes halogenated alkanes) is 1. The van der Waals surface area contributed by atoms with Gasteiger partial charge in [-0.15, -0.1) is 12.4 Å². The molecule has 0 heterocycles. The van der Waals surface area contributed by atoms with E-state index in [1.807, 2.05) is 44.2 Å². The average Bonchev–Trinajstić information content (AvgIpc) is 2.35. The number of hydrogen-bond donors (Lipinski definition) is 2. The molecule has 1 amide bonds. The average molecular weight is 271 g/mol. The maximum Gasteiger partial charge on any atom is 0.230 e. The molecule has 0 unspecified atom stereocenters. The number of rotatable bonds is 6. The Morgan fingerprint density at radius 1 is 1.22 bits per heavy atom. The zero-order valence-electron chi connectivity index (χ0n) is 11.1. The van der Waals surface area contributed by atoms with Crippen LogP contribution < -0.4 is 11.1 Å². The van der Waals surface area contributed by atoms with Crippen LogP contribution in [0.5, 0.6) is 0 Å². The largest absolute Gasteiger partial charge is 0.355 e. The van der Waals surface area contributed by atoms with Crippen molar-refractivity contribution >= 4 is 18.3 Å². The maximum absolute atomic E-state index is 12.1. The van der Waals surface area contributed by atoms with Gasteiger partial charge in [0.1, 0.15) is 0 Å². The van der Waals surface area contributed by atoms with Crippen molar-refractivity contribution in [1.82, 2.24) is 5.32 Å². The number of carbonyl (C=O) groups is 1. The number of benzene rings is 1. The summed E-state index contributed by atoms with van der Waals surface area (Å²) >= 11 is 0. The van der Waals surface area contributed by atoms with E-state index in [4.69, 9.17) is 5.73 Å². The van der Waals surface area contributed by atoms with Crippen LogP contribution in [0.4, 0.5) is 0 Å². The second kappa shape index (κ2) is 8.11. The molecule has 102 valence electrons. The SMILES string of the molecule is CC(C)(C(=O)NCCCCN)c1ccccc1.Cl. The first-order chi connectivity index (χ1) is 8.09. The topological polar surface area (TPSA) is 55.1 Å². The van der Waals surface area contributed by atoms with Crippen LogP contribution in [0.1, 0.15) is 32.3 Å². The highest BCUT2D eigenvalue weighted by atomic mass is 35.5. The van der Waals surface area contributed by atoms with Crippen molar-refractivity contribution in [1.29, 1.82) is 0 Å². The van der Waals surface area contributed by atoms with E-state index in [2.05, 4.69) is 5.32 Å². The van der Waals surface area contributed by atoms with Crippen LogP contribution >= 0.6 is 12.4 Å². The highest BCUT2D eigenvalue weighted by molar-refractivity contribution is 5.87. The summed E-state index contributed by atoms with van der Waals surface area (Å²) in [6.45, 7) is 5.27. The molecule has 0 fully saturated rings. The first-order valence-corrected chi connectivity index (χ1v) is 6.13. The molecule has 0 aliphatic rings. The van der Waals surface area contributed by atoms with E-state index in [1.54, 1.807) is 0 Å². The Labute approximate surface area is 116 Å². The summed E-state index contributed by atoms with van der Waals surface area (Å²) in [6, 6.07) is 9.84. The normalized spacial score (nSPS) is 10.6. The molecule has 1 aromatic rings. The van der Waals surface area contributed by atoms with Crippen LogP contribution in [0, 0.1) is 0 Å². The molecule has 0 spiro atoms. The molecule has 0 bridgehead atoms. The molecule has 0 radical (unpaired) electrons. The summed E-state index contributed by atoms with van der Waals surface area (Å²) in [5, 5.41) is 2.96. The lowest BCUT2D eigenvalue weighted by atomic mass is 9.84. The van der Waals surface area contributed by atoms with Crippen LogP contribution in [-0.2, 0) is 10.2 Å². The molecular formula is C14H23ClN2O. The monoisotopic (exact) mass is 270 g/mol. The Kier molecular flexibility index (Phi) is 7.64. The lowest BCUT2D eigenvalue weighted by molar-refractivity contribution is -0.125. The fourth-order valence-corrected chi connectivity index (χ4v) is 1.68. The molecule has 1 aromatic carbocycles. The Bertz CT molecular complexity index is 352. The van der Waals surface area contributed by atoms with Gasteiger partial charge in [-0.3, -0.25) is 4.79 Å². The van der Waals surface area contributed by atoms with E-state index in [1.165, 1.54) is 0 Å². The number of nitrogens with one attached hydrogen (secondary N) is 1. The summed E-state index contributed by atoms with van der Waals surface area (Å²) in [7, 11) is 0. The highest BCUT2D eigenvalue weighted by Crippen LogP contribution is 2.22. The predicted molar refractivity (Wildman–Crippen MR) is 78.0 cm³/mol. The van der Waals surface area contributed by atoms with Gasteiger partial charge in [0.25, 0.3) is 0 Å².